The van der Waals surface area contributed by atoms with Crippen molar-refractivity contribution < 1.29 is 4.79 Å². The highest BCUT2D eigenvalue weighted by atomic mass is 16.2. The Bertz CT molecular complexity index is 503. The molecular formula is C16H22N2O. The van der Waals surface area contributed by atoms with Crippen molar-refractivity contribution in [1.82, 2.24) is 4.90 Å². The maximum atomic E-state index is 12.8. The van der Waals surface area contributed by atoms with E-state index < -0.39 is 0 Å². The Balaban J connectivity index is 2.09. The minimum Gasteiger partial charge on any atom is -0.362 e. The van der Waals surface area contributed by atoms with Gasteiger partial charge >= 0.3 is 0 Å². The minimum atomic E-state index is -0.136. The molecule has 1 saturated carbocycles. The van der Waals surface area contributed by atoms with Gasteiger partial charge in [-0.2, -0.15) is 0 Å². The van der Waals surface area contributed by atoms with E-state index in [0.717, 1.165) is 30.6 Å². The molecule has 1 N–H and O–H groups in total. The molecule has 0 bridgehead atoms. The number of hydrogen-bond donors (Lipinski definition) is 1. The maximum absolute atomic E-state index is 12.8. The molecule has 1 aromatic rings. The van der Waals surface area contributed by atoms with Gasteiger partial charge in [0.05, 0.1) is 11.3 Å². The summed E-state index contributed by atoms with van der Waals surface area (Å²) in [6, 6.07) is 5.99. The van der Waals surface area contributed by atoms with Crippen molar-refractivity contribution in [2.45, 2.75) is 51.6 Å². The van der Waals surface area contributed by atoms with Gasteiger partial charge < -0.3 is 10.2 Å². The SMILES string of the molecule is CCN1C(=O)c2cccc(C)c2NC12CCCCC2. The van der Waals surface area contributed by atoms with E-state index >= 15 is 0 Å². The van der Waals surface area contributed by atoms with Crippen LogP contribution in [0.3, 0.4) is 0 Å². The number of fused-ring (bicyclic) bond motifs is 1. The molecule has 0 radical (unpaired) electrons. The third kappa shape index (κ3) is 1.83. The van der Waals surface area contributed by atoms with Crippen LogP contribution in [0, 0.1) is 6.92 Å². The minimum absolute atomic E-state index is 0.136. The number of hydrogen-bond acceptors (Lipinski definition) is 2. The first-order valence-corrected chi connectivity index (χ1v) is 7.38. The molecule has 0 atom stereocenters. The van der Waals surface area contributed by atoms with E-state index in [-0.39, 0.29) is 11.6 Å². The normalized spacial score (nSPS) is 21.2. The monoisotopic (exact) mass is 258 g/mol. The smallest absolute Gasteiger partial charge is 0.257 e. The summed E-state index contributed by atoms with van der Waals surface area (Å²) in [7, 11) is 0. The Morgan fingerprint density at radius 2 is 2.00 bits per heavy atom. The lowest BCUT2D eigenvalue weighted by Gasteiger charge is -2.50. The largest absolute Gasteiger partial charge is 0.362 e. The van der Waals surface area contributed by atoms with Gasteiger partial charge in [-0.3, -0.25) is 4.79 Å². The van der Waals surface area contributed by atoms with Crippen LogP contribution in [-0.4, -0.2) is 23.0 Å². The van der Waals surface area contributed by atoms with Gasteiger partial charge in [-0.15, -0.1) is 0 Å². The molecule has 0 aromatic heterocycles. The van der Waals surface area contributed by atoms with E-state index in [1.165, 1.54) is 24.8 Å². The predicted molar refractivity (Wildman–Crippen MR) is 77.3 cm³/mol. The third-order valence-corrected chi connectivity index (χ3v) is 4.62. The molecule has 1 aromatic carbocycles. The number of para-hydroxylation sites is 1. The molecular weight excluding hydrogens is 236 g/mol. The molecule has 0 unspecified atom stereocenters. The molecule has 1 heterocycles. The lowest BCUT2D eigenvalue weighted by molar-refractivity contribution is 0.0419. The molecule has 19 heavy (non-hydrogen) atoms. The number of carbonyl (C=O) groups excluding carboxylic acids is 1. The Morgan fingerprint density at radius 1 is 1.26 bits per heavy atom. The van der Waals surface area contributed by atoms with Gasteiger partial charge in [0.2, 0.25) is 0 Å². The fourth-order valence-corrected chi connectivity index (χ4v) is 3.63. The molecule has 1 fully saturated rings. The number of rotatable bonds is 1. The summed E-state index contributed by atoms with van der Waals surface area (Å²) in [5, 5.41) is 3.72. The molecule has 1 aliphatic carbocycles. The fourth-order valence-electron chi connectivity index (χ4n) is 3.63. The Labute approximate surface area is 115 Å². The highest BCUT2D eigenvalue weighted by molar-refractivity contribution is 6.02. The standard InChI is InChI=1S/C16H22N2O/c1-3-18-15(19)13-9-7-8-12(2)14(13)17-16(18)10-5-4-6-11-16/h7-9,17H,3-6,10-11H2,1-2H3. The molecule has 102 valence electrons. The van der Waals surface area contributed by atoms with Gasteiger partial charge in [0.1, 0.15) is 5.66 Å². The molecule has 3 heteroatoms. The first-order valence-electron chi connectivity index (χ1n) is 7.38. The molecule has 3 nitrogen and oxygen atoms in total. The van der Waals surface area contributed by atoms with Gasteiger partial charge in [0, 0.05) is 6.54 Å². The molecule has 1 spiro atoms. The molecule has 0 saturated heterocycles. The van der Waals surface area contributed by atoms with Crippen molar-refractivity contribution >= 4 is 11.6 Å². The van der Waals surface area contributed by atoms with E-state index in [9.17, 15) is 4.79 Å². The molecule has 1 amide bonds. The van der Waals surface area contributed by atoms with Crippen molar-refractivity contribution in [2.75, 3.05) is 11.9 Å². The van der Waals surface area contributed by atoms with E-state index in [1.54, 1.807) is 0 Å². The second kappa shape index (κ2) is 4.55. The Hall–Kier alpha value is -1.51. The third-order valence-electron chi connectivity index (χ3n) is 4.62. The number of nitrogens with zero attached hydrogens (tertiary/aromatic N) is 1. The highest BCUT2D eigenvalue weighted by Crippen LogP contribution is 2.41. The van der Waals surface area contributed by atoms with Gasteiger partial charge in [-0.25, -0.2) is 0 Å². The van der Waals surface area contributed by atoms with Crippen LogP contribution >= 0.6 is 0 Å². The Kier molecular flexibility index (Phi) is 3.00. The summed E-state index contributed by atoms with van der Waals surface area (Å²) in [5.74, 6) is 0.196. The van der Waals surface area contributed by atoms with Crippen LogP contribution in [0.2, 0.25) is 0 Å². The van der Waals surface area contributed by atoms with Crippen LogP contribution in [0.15, 0.2) is 18.2 Å². The van der Waals surface area contributed by atoms with Crippen molar-refractivity contribution in [1.29, 1.82) is 0 Å². The average Bonchev–Trinajstić information content (AvgIpc) is 2.42. The maximum Gasteiger partial charge on any atom is 0.257 e. The summed E-state index contributed by atoms with van der Waals surface area (Å²) in [6.45, 7) is 4.94. The number of amides is 1. The first kappa shape index (κ1) is 12.5. The van der Waals surface area contributed by atoms with Crippen LogP contribution in [0.5, 0.6) is 0 Å². The quantitative estimate of drug-likeness (QED) is 0.835. The van der Waals surface area contributed by atoms with Crippen molar-refractivity contribution in [2.24, 2.45) is 0 Å². The van der Waals surface area contributed by atoms with Crippen LogP contribution < -0.4 is 5.32 Å². The number of aryl methyl sites for hydroxylation is 1. The lowest BCUT2D eigenvalue weighted by Crippen LogP contribution is -2.60. The van der Waals surface area contributed by atoms with Crippen LogP contribution in [0.1, 0.15) is 54.9 Å². The van der Waals surface area contributed by atoms with Crippen LogP contribution in [-0.2, 0) is 0 Å². The highest BCUT2D eigenvalue weighted by Gasteiger charge is 2.44. The van der Waals surface area contributed by atoms with Crippen molar-refractivity contribution in [3.05, 3.63) is 29.3 Å². The van der Waals surface area contributed by atoms with Gasteiger partial charge in [0.25, 0.3) is 5.91 Å². The lowest BCUT2D eigenvalue weighted by atomic mass is 9.84. The second-order valence-corrected chi connectivity index (χ2v) is 5.76. The number of anilines is 1. The van der Waals surface area contributed by atoms with Gasteiger partial charge in [0.15, 0.2) is 0 Å². The number of nitrogens with one attached hydrogen (secondary N) is 1. The van der Waals surface area contributed by atoms with Gasteiger partial charge in [-0.1, -0.05) is 18.6 Å². The molecule has 2 aliphatic rings. The van der Waals surface area contributed by atoms with Crippen molar-refractivity contribution in [3.63, 3.8) is 0 Å². The summed E-state index contributed by atoms with van der Waals surface area (Å²) < 4.78 is 0. The molecule has 3 rings (SSSR count). The van der Waals surface area contributed by atoms with E-state index in [0.29, 0.717) is 0 Å². The fraction of sp³-hybridized carbons (Fsp3) is 0.562. The first-order chi connectivity index (χ1) is 9.18. The number of carbonyl (C=O) groups is 1. The topological polar surface area (TPSA) is 32.3 Å². The van der Waals surface area contributed by atoms with E-state index in [1.807, 2.05) is 17.0 Å². The van der Waals surface area contributed by atoms with Crippen molar-refractivity contribution in [3.8, 4) is 0 Å². The summed E-state index contributed by atoms with van der Waals surface area (Å²) >= 11 is 0. The zero-order valence-electron chi connectivity index (χ0n) is 11.8. The zero-order chi connectivity index (χ0) is 13.5. The summed E-state index contributed by atoms with van der Waals surface area (Å²) in [6.07, 6.45) is 5.84. The Morgan fingerprint density at radius 3 is 2.68 bits per heavy atom. The van der Waals surface area contributed by atoms with Crippen LogP contribution in [0.4, 0.5) is 5.69 Å². The van der Waals surface area contributed by atoms with Crippen LogP contribution in [0.25, 0.3) is 0 Å². The summed E-state index contributed by atoms with van der Waals surface area (Å²) in [5.41, 5.74) is 2.92. The van der Waals surface area contributed by atoms with E-state index in [4.69, 9.17) is 0 Å². The predicted octanol–water partition coefficient (Wildman–Crippen LogP) is 3.54. The summed E-state index contributed by atoms with van der Waals surface area (Å²) in [4.78, 5) is 14.8. The second-order valence-electron chi connectivity index (χ2n) is 5.76. The average molecular weight is 258 g/mol. The molecule has 1 aliphatic heterocycles. The van der Waals surface area contributed by atoms with E-state index in [2.05, 4.69) is 25.2 Å². The number of benzene rings is 1. The van der Waals surface area contributed by atoms with Gasteiger partial charge in [-0.05, 0) is 51.2 Å². The zero-order valence-corrected chi connectivity index (χ0v) is 11.8.